The number of rotatable bonds is 7. The minimum absolute atomic E-state index is 0.0265. The van der Waals surface area contributed by atoms with Gasteiger partial charge in [0.1, 0.15) is 5.75 Å². The van der Waals surface area contributed by atoms with Gasteiger partial charge in [-0.1, -0.05) is 12.1 Å². The maximum absolute atomic E-state index is 14.1. The monoisotopic (exact) mass is 561 g/mol. The number of hydrogen-bond acceptors (Lipinski definition) is 5. The fourth-order valence-corrected chi connectivity index (χ4v) is 5.83. The number of ether oxygens (including phenoxy) is 1. The molecule has 2 amide bonds. The number of nitrogens with zero attached hydrogens (tertiary/aromatic N) is 3. The summed E-state index contributed by atoms with van der Waals surface area (Å²) < 4.78 is 47.3. The number of benzene rings is 2. The maximum atomic E-state index is 14.1. The molecule has 1 atom stereocenters. The summed E-state index contributed by atoms with van der Waals surface area (Å²) in [5.74, 6) is -0.386. The van der Waals surface area contributed by atoms with Crippen molar-refractivity contribution < 1.29 is 32.6 Å². The Balaban J connectivity index is 1.30. The molecule has 1 N–H and O–H groups in total. The molecule has 0 radical (unpaired) electrons. The molecule has 2 heterocycles. The van der Waals surface area contributed by atoms with Crippen LogP contribution in [0.3, 0.4) is 0 Å². The molecule has 40 heavy (non-hydrogen) atoms. The topological polar surface area (TPSA) is 73.3 Å². The molecular weight excluding hydrogens is 523 g/mol. The standard InChI is InChI=1S/C30H38F3N3O4/c1-34(2)27(37)23-7-9-25(10-8-23)35-15-11-21(12-16-35)19-22-13-17-36(18-14-22)28(38)29(39,30(31,32)33)24-5-4-6-26(20-24)40-3/h4-10,20-22,39H,11-19H2,1-3H3/t29-/m1/s1. The van der Waals surface area contributed by atoms with E-state index in [-0.39, 0.29) is 24.7 Å². The molecule has 10 heteroatoms. The number of alkyl halides is 3. The molecule has 0 aromatic heterocycles. The summed E-state index contributed by atoms with van der Waals surface area (Å²) in [4.78, 5) is 30.3. The van der Waals surface area contributed by atoms with Crippen LogP contribution in [0.15, 0.2) is 48.5 Å². The Kier molecular flexibility index (Phi) is 8.97. The smallest absolute Gasteiger partial charge is 0.430 e. The summed E-state index contributed by atoms with van der Waals surface area (Å²) >= 11 is 0. The lowest BCUT2D eigenvalue weighted by Gasteiger charge is -2.40. The van der Waals surface area contributed by atoms with Gasteiger partial charge < -0.3 is 24.5 Å². The average molecular weight is 562 g/mol. The summed E-state index contributed by atoms with van der Waals surface area (Å²) in [5, 5.41) is 10.8. The number of piperidine rings is 2. The van der Waals surface area contributed by atoms with Crippen molar-refractivity contribution in [1.29, 1.82) is 0 Å². The predicted molar refractivity (Wildman–Crippen MR) is 146 cm³/mol. The second-order valence-corrected chi connectivity index (χ2v) is 11.1. The number of methoxy groups -OCH3 is 1. The lowest BCUT2D eigenvalue weighted by molar-refractivity contribution is -0.262. The first-order valence-electron chi connectivity index (χ1n) is 13.7. The van der Waals surface area contributed by atoms with E-state index in [0.717, 1.165) is 55.1 Å². The molecule has 2 aromatic rings. The summed E-state index contributed by atoms with van der Waals surface area (Å²) in [6, 6.07) is 12.6. The Morgan fingerprint density at radius 2 is 1.52 bits per heavy atom. The van der Waals surface area contributed by atoms with Crippen molar-refractivity contribution in [1.82, 2.24) is 9.80 Å². The fraction of sp³-hybridized carbons (Fsp3) is 0.533. The van der Waals surface area contributed by atoms with Crippen molar-refractivity contribution in [3.05, 3.63) is 59.7 Å². The van der Waals surface area contributed by atoms with Gasteiger partial charge >= 0.3 is 6.18 Å². The van der Waals surface area contributed by atoms with Crippen molar-refractivity contribution >= 4 is 17.5 Å². The first kappa shape index (κ1) is 29.7. The van der Waals surface area contributed by atoms with E-state index in [2.05, 4.69) is 4.90 Å². The van der Waals surface area contributed by atoms with E-state index in [1.807, 2.05) is 24.3 Å². The Bertz CT molecular complexity index is 1170. The van der Waals surface area contributed by atoms with Gasteiger partial charge in [0.05, 0.1) is 7.11 Å². The first-order valence-corrected chi connectivity index (χ1v) is 13.7. The van der Waals surface area contributed by atoms with Crippen molar-refractivity contribution in [2.45, 2.75) is 43.9 Å². The summed E-state index contributed by atoms with van der Waals surface area (Å²) in [6.07, 6.45) is -0.948. The Morgan fingerprint density at radius 1 is 0.950 bits per heavy atom. The third-order valence-electron chi connectivity index (χ3n) is 8.28. The lowest BCUT2D eigenvalue weighted by Crippen LogP contribution is -2.57. The molecule has 0 saturated carbocycles. The van der Waals surface area contributed by atoms with Gasteiger partial charge in [0.25, 0.3) is 17.4 Å². The SMILES string of the molecule is COc1cccc([C@@](O)(C(=O)N2CCC(CC3CCN(c4ccc(C(=O)N(C)C)cc4)CC3)CC2)C(F)(F)F)c1. The molecule has 2 saturated heterocycles. The van der Waals surface area contributed by atoms with E-state index in [0.29, 0.717) is 30.2 Å². The number of hydrogen-bond donors (Lipinski definition) is 1. The largest absolute Gasteiger partial charge is 0.497 e. The molecule has 2 aliphatic rings. The molecule has 0 spiro atoms. The van der Waals surface area contributed by atoms with E-state index < -0.39 is 23.2 Å². The molecule has 4 rings (SSSR count). The molecule has 2 aromatic carbocycles. The van der Waals surface area contributed by atoms with Crippen LogP contribution in [-0.4, -0.2) is 80.3 Å². The highest BCUT2D eigenvalue weighted by atomic mass is 19.4. The number of amides is 2. The third-order valence-corrected chi connectivity index (χ3v) is 8.28. The van der Waals surface area contributed by atoms with Gasteiger partial charge in [0, 0.05) is 57.1 Å². The molecule has 0 aliphatic carbocycles. The quantitative estimate of drug-likeness (QED) is 0.531. The molecule has 0 unspecified atom stereocenters. The highest BCUT2D eigenvalue weighted by Gasteiger charge is 2.62. The molecule has 0 bridgehead atoms. The van der Waals surface area contributed by atoms with Gasteiger partial charge in [-0.25, -0.2) is 0 Å². The van der Waals surface area contributed by atoms with Crippen LogP contribution in [0.5, 0.6) is 5.75 Å². The number of aliphatic hydroxyl groups is 1. The first-order chi connectivity index (χ1) is 18.9. The van der Waals surface area contributed by atoms with Gasteiger partial charge in [-0.3, -0.25) is 9.59 Å². The van der Waals surface area contributed by atoms with E-state index in [4.69, 9.17) is 4.74 Å². The highest BCUT2D eigenvalue weighted by Crippen LogP contribution is 2.42. The zero-order valence-corrected chi connectivity index (χ0v) is 23.3. The zero-order valence-electron chi connectivity index (χ0n) is 23.3. The van der Waals surface area contributed by atoms with Gasteiger partial charge in [-0.15, -0.1) is 0 Å². The molecular formula is C30H38F3N3O4. The Labute approximate surface area is 233 Å². The van der Waals surface area contributed by atoms with Crippen molar-refractivity contribution in [3.63, 3.8) is 0 Å². The molecule has 2 fully saturated rings. The highest BCUT2D eigenvalue weighted by molar-refractivity contribution is 5.94. The second-order valence-electron chi connectivity index (χ2n) is 11.1. The summed E-state index contributed by atoms with van der Waals surface area (Å²) in [7, 11) is 4.77. The van der Waals surface area contributed by atoms with Crippen molar-refractivity contribution in [3.8, 4) is 5.75 Å². The average Bonchev–Trinajstić information content (AvgIpc) is 2.96. The lowest BCUT2D eigenvalue weighted by atomic mass is 9.82. The number of carbonyl (C=O) groups is 2. The molecule has 218 valence electrons. The fourth-order valence-electron chi connectivity index (χ4n) is 5.83. The van der Waals surface area contributed by atoms with E-state index >= 15 is 0 Å². The zero-order chi connectivity index (χ0) is 29.1. The number of halogens is 3. The normalized spacial score (nSPS) is 18.8. The van der Waals surface area contributed by atoms with Crippen molar-refractivity contribution in [2.75, 3.05) is 52.3 Å². The predicted octanol–water partition coefficient (Wildman–Crippen LogP) is 4.69. The van der Waals surface area contributed by atoms with Crippen LogP contribution in [0, 0.1) is 11.8 Å². The third kappa shape index (κ3) is 6.22. The van der Waals surface area contributed by atoms with Gasteiger partial charge in [0.2, 0.25) is 0 Å². The number of carbonyl (C=O) groups excluding carboxylic acids is 2. The Morgan fingerprint density at radius 3 is 2.05 bits per heavy atom. The van der Waals surface area contributed by atoms with Gasteiger partial charge in [0.15, 0.2) is 0 Å². The van der Waals surface area contributed by atoms with Crippen molar-refractivity contribution in [2.24, 2.45) is 11.8 Å². The van der Waals surface area contributed by atoms with Gasteiger partial charge in [-0.05, 0) is 80.3 Å². The Hall–Kier alpha value is -3.27. The van der Waals surface area contributed by atoms with Crippen LogP contribution in [0.25, 0.3) is 0 Å². The van der Waals surface area contributed by atoms with Crippen LogP contribution in [0.1, 0.15) is 48.0 Å². The van der Waals surface area contributed by atoms with E-state index in [1.54, 1.807) is 19.0 Å². The van der Waals surface area contributed by atoms with Crippen LogP contribution < -0.4 is 9.64 Å². The summed E-state index contributed by atoms with van der Waals surface area (Å²) in [5.41, 5.74) is -2.42. The van der Waals surface area contributed by atoms with Crippen LogP contribution >= 0.6 is 0 Å². The minimum atomic E-state index is -5.18. The van der Waals surface area contributed by atoms with Gasteiger partial charge in [-0.2, -0.15) is 13.2 Å². The van der Waals surface area contributed by atoms with Crippen LogP contribution in [-0.2, 0) is 10.4 Å². The molecule has 2 aliphatic heterocycles. The van der Waals surface area contributed by atoms with Crippen LogP contribution in [0.4, 0.5) is 18.9 Å². The number of anilines is 1. The van der Waals surface area contributed by atoms with Crippen LogP contribution in [0.2, 0.25) is 0 Å². The van der Waals surface area contributed by atoms with E-state index in [1.165, 1.54) is 19.2 Å². The maximum Gasteiger partial charge on any atom is 0.430 e. The molecule has 7 nitrogen and oxygen atoms in total. The number of likely N-dealkylation sites (tertiary alicyclic amines) is 1. The minimum Gasteiger partial charge on any atom is -0.497 e. The summed E-state index contributed by atoms with van der Waals surface area (Å²) in [6.45, 7) is 2.18. The second kappa shape index (κ2) is 12.1. The van der Waals surface area contributed by atoms with E-state index in [9.17, 15) is 27.9 Å².